The van der Waals surface area contributed by atoms with Gasteiger partial charge in [0.15, 0.2) is 0 Å². The molecule has 3 aliphatic heterocycles. The van der Waals surface area contributed by atoms with Gasteiger partial charge in [0.05, 0.1) is 12.1 Å². The lowest BCUT2D eigenvalue weighted by atomic mass is 9.73. The molecule has 0 aromatic carbocycles. The molecule has 3 aliphatic rings. The van der Waals surface area contributed by atoms with E-state index in [0.717, 1.165) is 77.8 Å². The number of aromatic nitrogens is 2. The van der Waals surface area contributed by atoms with Crippen molar-refractivity contribution in [2.75, 3.05) is 45.8 Å². The van der Waals surface area contributed by atoms with E-state index in [1.807, 2.05) is 16.7 Å². The summed E-state index contributed by atoms with van der Waals surface area (Å²) in [5.41, 5.74) is 0.683. The molecule has 2 amide bonds. The van der Waals surface area contributed by atoms with Crippen LogP contribution in [0.5, 0.6) is 0 Å². The van der Waals surface area contributed by atoms with Crippen LogP contribution >= 0.6 is 0 Å². The van der Waals surface area contributed by atoms with Crippen LogP contribution in [0.3, 0.4) is 0 Å². The fraction of sp³-hybridized carbons (Fsp3) is 0.714. The SMILES string of the molecule is Cc1ncc(C(=O)N2CCCC3(CCCN(CC(=O)N4CCCC4)C3)C2)cn1. The summed E-state index contributed by atoms with van der Waals surface area (Å²) >= 11 is 0. The van der Waals surface area contributed by atoms with Gasteiger partial charge >= 0.3 is 0 Å². The molecule has 0 radical (unpaired) electrons. The summed E-state index contributed by atoms with van der Waals surface area (Å²) in [5.74, 6) is 0.983. The largest absolute Gasteiger partial charge is 0.342 e. The highest BCUT2D eigenvalue weighted by Crippen LogP contribution is 2.38. The average molecular weight is 386 g/mol. The number of hydrogen-bond acceptors (Lipinski definition) is 5. The van der Waals surface area contributed by atoms with E-state index in [1.54, 1.807) is 12.4 Å². The maximum Gasteiger partial charge on any atom is 0.257 e. The van der Waals surface area contributed by atoms with E-state index in [-0.39, 0.29) is 17.2 Å². The van der Waals surface area contributed by atoms with Crippen molar-refractivity contribution < 1.29 is 9.59 Å². The van der Waals surface area contributed by atoms with E-state index in [0.29, 0.717) is 17.9 Å². The standard InChI is InChI=1S/C21H31N5O2/c1-17-22-12-18(13-23-17)20(28)26-11-5-7-21(16-26)6-4-8-24(15-21)14-19(27)25-9-2-3-10-25/h12-13H,2-11,14-16H2,1H3. The minimum absolute atomic E-state index is 0.0318. The molecule has 0 N–H and O–H groups in total. The lowest BCUT2D eigenvalue weighted by Gasteiger charge is -2.48. The van der Waals surface area contributed by atoms with Gasteiger partial charge < -0.3 is 9.80 Å². The molecular formula is C21H31N5O2. The van der Waals surface area contributed by atoms with Crippen molar-refractivity contribution in [3.8, 4) is 0 Å². The monoisotopic (exact) mass is 385 g/mol. The quantitative estimate of drug-likeness (QED) is 0.793. The van der Waals surface area contributed by atoms with E-state index in [4.69, 9.17) is 0 Å². The number of carbonyl (C=O) groups excluding carboxylic acids is 2. The Bertz CT molecular complexity index is 712. The second kappa shape index (κ2) is 8.15. The molecule has 3 fully saturated rings. The van der Waals surface area contributed by atoms with Gasteiger partial charge in [-0.1, -0.05) is 0 Å². The van der Waals surface area contributed by atoms with Crippen molar-refractivity contribution in [3.05, 3.63) is 23.8 Å². The molecule has 0 aliphatic carbocycles. The molecule has 1 unspecified atom stereocenters. The highest BCUT2D eigenvalue weighted by Gasteiger charge is 2.41. The minimum atomic E-state index is 0.0318. The van der Waals surface area contributed by atoms with E-state index < -0.39 is 0 Å². The summed E-state index contributed by atoms with van der Waals surface area (Å²) in [7, 11) is 0. The Morgan fingerprint density at radius 2 is 1.57 bits per heavy atom. The second-order valence-electron chi connectivity index (χ2n) is 8.75. The molecule has 152 valence electrons. The van der Waals surface area contributed by atoms with Gasteiger partial charge in [0.25, 0.3) is 5.91 Å². The summed E-state index contributed by atoms with van der Waals surface area (Å²) < 4.78 is 0. The maximum absolute atomic E-state index is 12.9. The van der Waals surface area contributed by atoms with Gasteiger partial charge in [0, 0.05) is 50.5 Å². The third kappa shape index (κ3) is 4.19. The third-order valence-electron chi connectivity index (χ3n) is 6.53. The van der Waals surface area contributed by atoms with E-state index in [9.17, 15) is 9.59 Å². The molecule has 1 atom stereocenters. The number of aryl methyl sites for hydroxylation is 1. The summed E-state index contributed by atoms with van der Waals surface area (Å²) in [6, 6.07) is 0. The predicted molar refractivity (Wildman–Crippen MR) is 106 cm³/mol. The van der Waals surface area contributed by atoms with Crippen molar-refractivity contribution in [1.82, 2.24) is 24.7 Å². The van der Waals surface area contributed by atoms with E-state index in [1.165, 1.54) is 0 Å². The molecule has 7 heteroatoms. The Morgan fingerprint density at radius 1 is 0.929 bits per heavy atom. The Kier molecular flexibility index (Phi) is 5.62. The van der Waals surface area contributed by atoms with Crippen molar-refractivity contribution in [2.45, 2.75) is 45.4 Å². The Hall–Kier alpha value is -2.02. The molecule has 1 aromatic heterocycles. The van der Waals surface area contributed by atoms with Crippen LogP contribution < -0.4 is 0 Å². The smallest absolute Gasteiger partial charge is 0.257 e. The van der Waals surface area contributed by atoms with E-state index in [2.05, 4.69) is 14.9 Å². The first-order valence-electron chi connectivity index (χ1n) is 10.6. The topological polar surface area (TPSA) is 69.6 Å². The highest BCUT2D eigenvalue weighted by molar-refractivity contribution is 5.93. The molecule has 0 saturated carbocycles. The molecule has 1 aromatic rings. The van der Waals surface area contributed by atoms with Crippen LogP contribution in [0.4, 0.5) is 0 Å². The normalized spacial score (nSPS) is 26.0. The van der Waals surface area contributed by atoms with Gasteiger partial charge in [0.1, 0.15) is 5.82 Å². The fourth-order valence-corrected chi connectivity index (χ4v) is 5.10. The summed E-state index contributed by atoms with van der Waals surface area (Å²) in [6.45, 7) is 7.65. The molecule has 1 spiro atoms. The van der Waals surface area contributed by atoms with Crippen LogP contribution in [0.15, 0.2) is 12.4 Å². The van der Waals surface area contributed by atoms with Crippen LogP contribution in [-0.2, 0) is 4.79 Å². The zero-order valence-corrected chi connectivity index (χ0v) is 16.9. The highest BCUT2D eigenvalue weighted by atomic mass is 16.2. The number of piperidine rings is 2. The van der Waals surface area contributed by atoms with Crippen LogP contribution in [-0.4, -0.2) is 82.3 Å². The van der Waals surface area contributed by atoms with Crippen LogP contribution in [0, 0.1) is 12.3 Å². The molecular weight excluding hydrogens is 354 g/mol. The minimum Gasteiger partial charge on any atom is -0.342 e. The van der Waals surface area contributed by atoms with Gasteiger partial charge in [0.2, 0.25) is 5.91 Å². The van der Waals surface area contributed by atoms with Gasteiger partial charge in [-0.3, -0.25) is 14.5 Å². The molecule has 28 heavy (non-hydrogen) atoms. The number of rotatable bonds is 3. The van der Waals surface area contributed by atoms with E-state index >= 15 is 0 Å². The van der Waals surface area contributed by atoms with Gasteiger partial charge in [-0.05, 0) is 52.0 Å². The molecule has 4 rings (SSSR count). The van der Waals surface area contributed by atoms with Gasteiger partial charge in [-0.2, -0.15) is 0 Å². The summed E-state index contributed by atoms with van der Waals surface area (Å²) in [5, 5.41) is 0. The first-order valence-corrected chi connectivity index (χ1v) is 10.6. The number of carbonyl (C=O) groups is 2. The van der Waals surface area contributed by atoms with Crippen LogP contribution in [0.1, 0.15) is 54.7 Å². The molecule has 7 nitrogen and oxygen atoms in total. The number of hydrogen-bond donors (Lipinski definition) is 0. The maximum atomic E-state index is 12.9. The Labute approximate surface area is 167 Å². The second-order valence-corrected chi connectivity index (χ2v) is 8.75. The van der Waals surface area contributed by atoms with Crippen LogP contribution in [0.25, 0.3) is 0 Å². The number of amides is 2. The number of nitrogens with zero attached hydrogens (tertiary/aromatic N) is 5. The number of likely N-dealkylation sites (tertiary alicyclic amines) is 3. The zero-order valence-electron chi connectivity index (χ0n) is 16.9. The van der Waals surface area contributed by atoms with Crippen LogP contribution in [0.2, 0.25) is 0 Å². The molecule has 3 saturated heterocycles. The zero-order chi connectivity index (χ0) is 19.6. The summed E-state index contributed by atoms with van der Waals surface area (Å²) in [6.07, 6.45) is 9.92. The fourth-order valence-electron chi connectivity index (χ4n) is 5.10. The van der Waals surface area contributed by atoms with Crippen molar-refractivity contribution in [3.63, 3.8) is 0 Å². The van der Waals surface area contributed by atoms with Gasteiger partial charge in [-0.15, -0.1) is 0 Å². The molecule has 0 bridgehead atoms. The average Bonchev–Trinajstić information content (AvgIpc) is 3.23. The summed E-state index contributed by atoms with van der Waals surface area (Å²) in [4.78, 5) is 40.2. The lowest BCUT2D eigenvalue weighted by Crippen LogP contribution is -2.55. The third-order valence-corrected chi connectivity index (χ3v) is 6.53. The van der Waals surface area contributed by atoms with Crippen molar-refractivity contribution >= 4 is 11.8 Å². The van der Waals surface area contributed by atoms with Crippen molar-refractivity contribution in [2.24, 2.45) is 5.41 Å². The Morgan fingerprint density at radius 3 is 2.29 bits per heavy atom. The Balaban J connectivity index is 1.39. The van der Waals surface area contributed by atoms with Gasteiger partial charge in [-0.25, -0.2) is 9.97 Å². The lowest BCUT2D eigenvalue weighted by molar-refractivity contribution is -0.132. The predicted octanol–water partition coefficient (Wildman–Crippen LogP) is 1.73. The first kappa shape index (κ1) is 19.3. The first-order chi connectivity index (χ1) is 13.5. The van der Waals surface area contributed by atoms with Crippen molar-refractivity contribution in [1.29, 1.82) is 0 Å². The molecule has 4 heterocycles.